The molecule has 2 aromatic carbocycles. The molecule has 1 aliphatic heterocycles. The fourth-order valence-corrected chi connectivity index (χ4v) is 2.62. The molecule has 9 nitrogen and oxygen atoms in total. The van der Waals surface area contributed by atoms with Crippen LogP contribution in [0.25, 0.3) is 0 Å². The minimum Gasteiger partial charge on any atom is -0.493 e. The lowest BCUT2D eigenvalue weighted by atomic mass is 10.1. The van der Waals surface area contributed by atoms with Crippen LogP contribution in [0.5, 0.6) is 23.0 Å². The van der Waals surface area contributed by atoms with Crippen LogP contribution in [-0.4, -0.2) is 37.8 Å². The van der Waals surface area contributed by atoms with E-state index in [1.807, 2.05) is 0 Å². The Morgan fingerprint density at radius 1 is 1.17 bits per heavy atom. The van der Waals surface area contributed by atoms with Gasteiger partial charge in [-0.3, -0.25) is 10.1 Å². The van der Waals surface area contributed by atoms with Gasteiger partial charge in [-0.15, -0.1) is 0 Å². The molecule has 154 valence electrons. The number of esters is 1. The molecule has 11 heteroatoms. The first kappa shape index (κ1) is 20.1. The van der Waals surface area contributed by atoms with Gasteiger partial charge in [-0.1, -0.05) is 0 Å². The van der Waals surface area contributed by atoms with Crippen LogP contribution in [0.15, 0.2) is 30.3 Å². The van der Waals surface area contributed by atoms with Gasteiger partial charge in [0, 0.05) is 0 Å². The minimum atomic E-state index is -3.19. The molecule has 0 saturated carbocycles. The van der Waals surface area contributed by atoms with Crippen molar-refractivity contribution in [2.75, 3.05) is 20.3 Å². The molecule has 1 aliphatic rings. The third kappa shape index (κ3) is 4.62. The largest absolute Gasteiger partial charge is 0.493 e. The standard InChI is InChI=1S/C18H15F2NO8/c1-25-14-7-11(12(21(23)24)8-16(14)29-18(19)20)9-28-17(22)10-2-3-13-15(6-10)27-5-4-26-13/h2-3,6-8,18H,4-5,9H2,1H3. The molecular formula is C18H15F2NO8. The van der Waals surface area contributed by atoms with Crippen molar-refractivity contribution >= 4 is 11.7 Å². The molecule has 0 bridgehead atoms. The molecule has 2 aromatic rings. The van der Waals surface area contributed by atoms with E-state index in [1.54, 1.807) is 6.07 Å². The monoisotopic (exact) mass is 411 g/mol. The summed E-state index contributed by atoms with van der Waals surface area (Å²) in [5.74, 6) is -0.560. The van der Waals surface area contributed by atoms with E-state index in [1.165, 1.54) is 19.2 Å². The quantitative estimate of drug-likeness (QED) is 0.388. The normalized spacial score (nSPS) is 12.4. The molecule has 0 aromatic heterocycles. The number of nitro groups is 1. The van der Waals surface area contributed by atoms with Crippen molar-refractivity contribution in [3.63, 3.8) is 0 Å². The maximum absolute atomic E-state index is 12.5. The van der Waals surface area contributed by atoms with Crippen LogP contribution in [0.3, 0.4) is 0 Å². The van der Waals surface area contributed by atoms with Crippen molar-refractivity contribution in [2.24, 2.45) is 0 Å². The molecule has 0 N–H and O–H groups in total. The molecule has 0 unspecified atom stereocenters. The number of carbonyl (C=O) groups is 1. The van der Waals surface area contributed by atoms with E-state index in [9.17, 15) is 23.7 Å². The number of alkyl halides is 2. The van der Waals surface area contributed by atoms with E-state index in [2.05, 4.69) is 4.74 Å². The van der Waals surface area contributed by atoms with Crippen molar-refractivity contribution in [1.29, 1.82) is 0 Å². The van der Waals surface area contributed by atoms with E-state index in [-0.39, 0.29) is 16.9 Å². The van der Waals surface area contributed by atoms with E-state index in [0.29, 0.717) is 24.7 Å². The third-order valence-electron chi connectivity index (χ3n) is 3.91. The van der Waals surface area contributed by atoms with Gasteiger partial charge < -0.3 is 23.7 Å². The van der Waals surface area contributed by atoms with Crippen LogP contribution in [0.2, 0.25) is 0 Å². The summed E-state index contributed by atoms with van der Waals surface area (Å²) in [6.45, 7) is -2.95. The van der Waals surface area contributed by atoms with E-state index in [4.69, 9.17) is 18.9 Å². The van der Waals surface area contributed by atoms with Crippen LogP contribution in [0.1, 0.15) is 15.9 Å². The lowest BCUT2D eigenvalue weighted by Crippen LogP contribution is -2.16. The second-order valence-corrected chi connectivity index (χ2v) is 5.70. The fraction of sp³-hybridized carbons (Fsp3) is 0.278. The third-order valence-corrected chi connectivity index (χ3v) is 3.91. The van der Waals surface area contributed by atoms with Gasteiger partial charge in [0.15, 0.2) is 23.0 Å². The highest BCUT2D eigenvalue weighted by Gasteiger charge is 2.23. The molecule has 0 atom stereocenters. The van der Waals surface area contributed by atoms with Crippen LogP contribution in [0, 0.1) is 10.1 Å². The summed E-state index contributed by atoms with van der Waals surface area (Å²) in [7, 11) is 1.18. The highest BCUT2D eigenvalue weighted by Crippen LogP contribution is 2.36. The Balaban J connectivity index is 1.80. The van der Waals surface area contributed by atoms with Gasteiger partial charge in [-0.05, 0) is 24.3 Å². The number of rotatable bonds is 7. The first-order chi connectivity index (χ1) is 13.9. The van der Waals surface area contributed by atoms with Crippen LogP contribution >= 0.6 is 0 Å². The molecule has 0 amide bonds. The summed E-state index contributed by atoms with van der Waals surface area (Å²) in [5, 5.41) is 11.3. The minimum absolute atomic E-state index is 0.0561. The Morgan fingerprint density at radius 3 is 2.55 bits per heavy atom. The number of benzene rings is 2. The Labute approximate surface area is 162 Å². The van der Waals surface area contributed by atoms with Crippen molar-refractivity contribution in [2.45, 2.75) is 13.2 Å². The Hall–Kier alpha value is -3.63. The Morgan fingerprint density at radius 2 is 1.90 bits per heavy atom. The van der Waals surface area contributed by atoms with Crippen LogP contribution < -0.4 is 18.9 Å². The number of halogens is 2. The zero-order valence-electron chi connectivity index (χ0n) is 15.1. The molecule has 0 saturated heterocycles. The number of nitro benzene ring substituents is 1. The number of ether oxygens (including phenoxy) is 5. The summed E-state index contributed by atoms with van der Waals surface area (Å²) in [6, 6.07) is 6.34. The highest BCUT2D eigenvalue weighted by molar-refractivity contribution is 5.90. The van der Waals surface area contributed by atoms with E-state index >= 15 is 0 Å². The predicted octanol–water partition coefficient (Wildman–Crippen LogP) is 3.33. The number of methoxy groups -OCH3 is 1. The smallest absolute Gasteiger partial charge is 0.387 e. The Kier molecular flexibility index (Phi) is 5.96. The molecule has 3 rings (SSSR count). The molecule has 0 spiro atoms. The van der Waals surface area contributed by atoms with Gasteiger partial charge in [0.05, 0.1) is 29.2 Å². The molecular weight excluding hydrogens is 396 g/mol. The lowest BCUT2D eigenvalue weighted by Gasteiger charge is -2.18. The molecule has 0 fully saturated rings. The molecule has 0 aliphatic carbocycles. The maximum Gasteiger partial charge on any atom is 0.387 e. The van der Waals surface area contributed by atoms with Gasteiger partial charge in [-0.2, -0.15) is 8.78 Å². The second-order valence-electron chi connectivity index (χ2n) is 5.70. The lowest BCUT2D eigenvalue weighted by molar-refractivity contribution is -0.386. The van der Waals surface area contributed by atoms with Gasteiger partial charge in [0.2, 0.25) is 0 Å². The zero-order valence-corrected chi connectivity index (χ0v) is 15.1. The van der Waals surface area contributed by atoms with Crippen molar-refractivity contribution in [3.05, 3.63) is 51.6 Å². The number of carbonyl (C=O) groups excluding carboxylic acids is 1. The number of hydrogen-bond acceptors (Lipinski definition) is 8. The first-order valence-electron chi connectivity index (χ1n) is 8.26. The summed E-state index contributed by atoms with van der Waals surface area (Å²) < 4.78 is 50.0. The van der Waals surface area contributed by atoms with Gasteiger partial charge in [0.25, 0.3) is 5.69 Å². The second kappa shape index (κ2) is 8.59. The van der Waals surface area contributed by atoms with Crippen LogP contribution in [-0.2, 0) is 11.3 Å². The first-order valence-corrected chi connectivity index (χ1v) is 8.26. The van der Waals surface area contributed by atoms with E-state index in [0.717, 1.165) is 12.1 Å². The van der Waals surface area contributed by atoms with Crippen molar-refractivity contribution < 1.29 is 42.2 Å². The zero-order chi connectivity index (χ0) is 21.0. The molecule has 0 radical (unpaired) electrons. The number of fused-ring (bicyclic) bond motifs is 1. The summed E-state index contributed by atoms with van der Waals surface area (Å²) >= 11 is 0. The summed E-state index contributed by atoms with van der Waals surface area (Å²) in [6.07, 6.45) is 0. The highest BCUT2D eigenvalue weighted by atomic mass is 19.3. The number of nitrogens with zero attached hydrogens (tertiary/aromatic N) is 1. The van der Waals surface area contributed by atoms with Gasteiger partial charge in [0.1, 0.15) is 19.8 Å². The van der Waals surface area contributed by atoms with Gasteiger partial charge >= 0.3 is 12.6 Å². The topological polar surface area (TPSA) is 106 Å². The average molecular weight is 411 g/mol. The van der Waals surface area contributed by atoms with Crippen molar-refractivity contribution in [1.82, 2.24) is 0 Å². The summed E-state index contributed by atoms with van der Waals surface area (Å²) in [5.41, 5.74) is -0.461. The maximum atomic E-state index is 12.5. The van der Waals surface area contributed by atoms with Crippen molar-refractivity contribution in [3.8, 4) is 23.0 Å². The number of hydrogen-bond donors (Lipinski definition) is 0. The molecule has 1 heterocycles. The molecule has 29 heavy (non-hydrogen) atoms. The van der Waals surface area contributed by atoms with E-state index < -0.39 is 35.5 Å². The SMILES string of the molecule is COc1cc(COC(=O)c2ccc3c(c2)OCCO3)c([N+](=O)[O-])cc1OC(F)F. The Bertz CT molecular complexity index is 934. The predicted molar refractivity (Wildman–Crippen MR) is 92.8 cm³/mol. The fourth-order valence-electron chi connectivity index (χ4n) is 2.62. The van der Waals surface area contributed by atoms with Crippen LogP contribution in [0.4, 0.5) is 14.5 Å². The van der Waals surface area contributed by atoms with Gasteiger partial charge in [-0.25, -0.2) is 4.79 Å². The summed E-state index contributed by atoms with van der Waals surface area (Å²) in [4.78, 5) is 22.8. The average Bonchev–Trinajstić information content (AvgIpc) is 2.71.